The lowest BCUT2D eigenvalue weighted by atomic mass is 10.1. The molecule has 0 fully saturated rings. The van der Waals surface area contributed by atoms with E-state index in [1.165, 1.54) is 32.2 Å². The summed E-state index contributed by atoms with van der Waals surface area (Å²) in [5.74, 6) is -0.263. The Balaban J connectivity index is 1.53. The van der Waals surface area contributed by atoms with Crippen molar-refractivity contribution in [3.05, 3.63) is 53.9 Å². The van der Waals surface area contributed by atoms with Crippen molar-refractivity contribution in [1.29, 1.82) is 0 Å². The van der Waals surface area contributed by atoms with E-state index in [2.05, 4.69) is 14.9 Å². The molecule has 2 aromatic carbocycles. The third-order valence-corrected chi connectivity index (χ3v) is 4.08. The van der Waals surface area contributed by atoms with Gasteiger partial charge < -0.3 is 23.5 Å². The van der Waals surface area contributed by atoms with Crippen molar-refractivity contribution in [2.45, 2.75) is 20.1 Å². The molecule has 0 saturated heterocycles. The van der Waals surface area contributed by atoms with E-state index in [0.717, 1.165) is 0 Å². The molecule has 3 aromatic rings. The minimum absolute atomic E-state index is 0.0195. The molecule has 0 saturated carbocycles. The average Bonchev–Trinajstić information content (AvgIpc) is 3.25. The Bertz CT molecular complexity index is 1080. The number of alkyl halides is 2. The topological polar surface area (TPSA) is 110 Å². The van der Waals surface area contributed by atoms with Crippen LogP contribution in [-0.4, -0.2) is 42.2 Å². The second kappa shape index (κ2) is 10.3. The standard InChI is InChI=1S/C21H18F2N2O7/c1-12(26)13-3-6-15(7-4-13)29-11-19(27)30-10-18-24-20(25-32-18)14-5-8-16(31-21(22)23)17(9-14)28-2/h3-9,21H,10-11H2,1-2H3. The molecule has 0 atom stereocenters. The molecule has 0 aliphatic carbocycles. The van der Waals surface area contributed by atoms with E-state index in [1.807, 2.05) is 0 Å². The van der Waals surface area contributed by atoms with Crippen LogP contribution in [0.2, 0.25) is 0 Å². The van der Waals surface area contributed by atoms with Crippen LogP contribution in [0.5, 0.6) is 17.2 Å². The lowest BCUT2D eigenvalue weighted by Crippen LogP contribution is -2.14. The average molecular weight is 448 g/mol. The number of aromatic nitrogens is 2. The Morgan fingerprint density at radius 1 is 1.09 bits per heavy atom. The van der Waals surface area contributed by atoms with Gasteiger partial charge >= 0.3 is 12.6 Å². The third-order valence-electron chi connectivity index (χ3n) is 4.08. The molecule has 1 aromatic heterocycles. The van der Waals surface area contributed by atoms with Gasteiger partial charge in [0.15, 0.2) is 30.5 Å². The summed E-state index contributed by atoms with van der Waals surface area (Å²) in [7, 11) is 1.30. The molecule has 0 unspecified atom stereocenters. The monoisotopic (exact) mass is 448 g/mol. The highest BCUT2D eigenvalue weighted by atomic mass is 19.3. The molecule has 0 aliphatic rings. The Morgan fingerprint density at radius 2 is 1.84 bits per heavy atom. The molecular weight excluding hydrogens is 430 g/mol. The third kappa shape index (κ3) is 6.00. The van der Waals surface area contributed by atoms with Crippen LogP contribution in [0, 0.1) is 0 Å². The lowest BCUT2D eigenvalue weighted by Gasteiger charge is -2.10. The van der Waals surface area contributed by atoms with Crippen molar-refractivity contribution >= 4 is 11.8 Å². The fourth-order valence-electron chi connectivity index (χ4n) is 2.54. The van der Waals surface area contributed by atoms with Crippen molar-refractivity contribution in [3.63, 3.8) is 0 Å². The number of hydrogen-bond donors (Lipinski definition) is 0. The maximum Gasteiger partial charge on any atom is 0.387 e. The van der Waals surface area contributed by atoms with Crippen LogP contribution in [0.25, 0.3) is 11.4 Å². The van der Waals surface area contributed by atoms with Crippen LogP contribution >= 0.6 is 0 Å². The van der Waals surface area contributed by atoms with Crippen molar-refractivity contribution in [3.8, 4) is 28.6 Å². The van der Waals surface area contributed by atoms with Crippen LogP contribution in [0.1, 0.15) is 23.2 Å². The number of rotatable bonds is 10. The van der Waals surface area contributed by atoms with Crippen LogP contribution in [0.3, 0.4) is 0 Å². The predicted molar refractivity (Wildman–Crippen MR) is 105 cm³/mol. The quantitative estimate of drug-likeness (QED) is 0.339. The fraction of sp³-hybridized carbons (Fsp3) is 0.238. The van der Waals surface area contributed by atoms with Gasteiger partial charge in [-0.1, -0.05) is 5.16 Å². The fourth-order valence-corrected chi connectivity index (χ4v) is 2.54. The summed E-state index contributed by atoms with van der Waals surface area (Å²) in [5, 5.41) is 3.77. The molecule has 0 radical (unpaired) electrons. The van der Waals surface area contributed by atoms with E-state index in [4.69, 9.17) is 18.7 Å². The van der Waals surface area contributed by atoms with E-state index in [0.29, 0.717) is 16.9 Å². The first-order valence-electron chi connectivity index (χ1n) is 9.21. The van der Waals surface area contributed by atoms with Gasteiger partial charge in [-0.25, -0.2) is 4.79 Å². The molecule has 0 aliphatic heterocycles. The number of benzene rings is 2. The summed E-state index contributed by atoms with van der Waals surface area (Å²) in [5.41, 5.74) is 0.947. The van der Waals surface area contributed by atoms with Gasteiger partial charge in [0, 0.05) is 11.1 Å². The molecule has 0 amide bonds. The van der Waals surface area contributed by atoms with Gasteiger partial charge in [0.25, 0.3) is 5.89 Å². The van der Waals surface area contributed by atoms with Crippen LogP contribution < -0.4 is 14.2 Å². The lowest BCUT2D eigenvalue weighted by molar-refractivity contribution is -0.148. The summed E-state index contributed by atoms with van der Waals surface area (Å²) in [4.78, 5) is 27.2. The largest absolute Gasteiger partial charge is 0.493 e. The molecule has 9 nitrogen and oxygen atoms in total. The van der Waals surface area contributed by atoms with Crippen LogP contribution in [0.15, 0.2) is 47.0 Å². The maximum absolute atomic E-state index is 12.4. The number of carbonyl (C=O) groups is 2. The first-order valence-corrected chi connectivity index (χ1v) is 9.21. The first-order chi connectivity index (χ1) is 15.4. The number of methoxy groups -OCH3 is 1. The van der Waals surface area contributed by atoms with Gasteiger partial charge in [0.2, 0.25) is 5.82 Å². The zero-order valence-corrected chi connectivity index (χ0v) is 17.0. The molecule has 168 valence electrons. The van der Waals surface area contributed by atoms with Crippen LogP contribution in [-0.2, 0) is 16.1 Å². The van der Waals surface area contributed by atoms with Gasteiger partial charge in [-0.2, -0.15) is 13.8 Å². The minimum Gasteiger partial charge on any atom is -0.493 e. The Labute approximate surface area is 180 Å². The maximum atomic E-state index is 12.4. The molecule has 3 rings (SSSR count). The first kappa shape index (κ1) is 22.7. The Morgan fingerprint density at radius 3 is 2.50 bits per heavy atom. The van der Waals surface area contributed by atoms with Crippen molar-refractivity contribution in [2.75, 3.05) is 13.7 Å². The number of Topliss-reactive ketones (excluding diaryl/α,β-unsaturated/α-hetero) is 1. The SMILES string of the molecule is COc1cc(-c2noc(COC(=O)COc3ccc(C(C)=O)cc3)n2)ccc1OC(F)F. The molecule has 32 heavy (non-hydrogen) atoms. The van der Waals surface area contributed by atoms with Crippen molar-refractivity contribution in [1.82, 2.24) is 10.1 Å². The van der Waals surface area contributed by atoms with E-state index < -0.39 is 12.6 Å². The second-order valence-electron chi connectivity index (χ2n) is 6.29. The Hall–Kier alpha value is -4.02. The van der Waals surface area contributed by atoms with Gasteiger partial charge in [-0.15, -0.1) is 0 Å². The zero-order chi connectivity index (χ0) is 23.1. The predicted octanol–water partition coefficient (Wildman–Crippen LogP) is 3.67. The second-order valence-corrected chi connectivity index (χ2v) is 6.29. The van der Waals surface area contributed by atoms with Gasteiger partial charge in [0.1, 0.15) is 5.75 Å². The van der Waals surface area contributed by atoms with E-state index in [9.17, 15) is 18.4 Å². The number of carbonyl (C=O) groups excluding carboxylic acids is 2. The molecular formula is C21H18F2N2O7. The minimum atomic E-state index is -3.00. The molecule has 0 spiro atoms. The van der Waals surface area contributed by atoms with Crippen LogP contribution in [0.4, 0.5) is 8.78 Å². The molecule has 1 heterocycles. The number of halogens is 2. The summed E-state index contributed by atoms with van der Waals surface area (Å²) < 4.78 is 49.6. The van der Waals surface area contributed by atoms with E-state index in [1.54, 1.807) is 24.3 Å². The highest BCUT2D eigenvalue weighted by molar-refractivity contribution is 5.94. The zero-order valence-electron chi connectivity index (χ0n) is 17.0. The van der Waals surface area contributed by atoms with Gasteiger partial charge in [-0.05, 0) is 49.4 Å². The highest BCUT2D eigenvalue weighted by Crippen LogP contribution is 2.32. The van der Waals surface area contributed by atoms with E-state index >= 15 is 0 Å². The number of hydrogen-bond acceptors (Lipinski definition) is 9. The number of ether oxygens (including phenoxy) is 4. The highest BCUT2D eigenvalue weighted by Gasteiger charge is 2.16. The summed E-state index contributed by atoms with van der Waals surface area (Å²) in [6.45, 7) is -2.19. The number of ketones is 1. The van der Waals surface area contributed by atoms with Crippen molar-refractivity contribution in [2.24, 2.45) is 0 Å². The van der Waals surface area contributed by atoms with E-state index in [-0.39, 0.29) is 42.2 Å². The summed E-state index contributed by atoms with van der Waals surface area (Å²) >= 11 is 0. The summed E-state index contributed by atoms with van der Waals surface area (Å²) in [6.07, 6.45) is 0. The van der Waals surface area contributed by atoms with Gasteiger partial charge in [0.05, 0.1) is 7.11 Å². The van der Waals surface area contributed by atoms with Crippen molar-refractivity contribution < 1.29 is 41.8 Å². The van der Waals surface area contributed by atoms with Gasteiger partial charge in [-0.3, -0.25) is 4.79 Å². The number of esters is 1. The smallest absolute Gasteiger partial charge is 0.387 e. The molecule has 0 N–H and O–H groups in total. The molecule has 0 bridgehead atoms. The Kier molecular flexibility index (Phi) is 7.32. The molecule has 11 heteroatoms. The summed E-state index contributed by atoms with van der Waals surface area (Å²) in [6, 6.07) is 10.5. The number of nitrogens with zero attached hydrogens (tertiary/aromatic N) is 2. The normalized spacial score (nSPS) is 10.7.